The fourth-order valence-electron chi connectivity index (χ4n) is 3.13. The summed E-state index contributed by atoms with van der Waals surface area (Å²) in [5.41, 5.74) is 0.701. The third kappa shape index (κ3) is 3.20. The molecule has 0 saturated carbocycles. The van der Waals surface area contributed by atoms with Crippen LogP contribution < -0.4 is 10.6 Å². The molecule has 0 radical (unpaired) electrons. The lowest BCUT2D eigenvalue weighted by atomic mass is 9.99. The molecule has 2 bridgehead atoms. The molecule has 2 unspecified atom stereocenters. The number of rotatable bonds is 2. The number of hydrogen-bond acceptors (Lipinski definition) is 2. The van der Waals surface area contributed by atoms with E-state index >= 15 is 0 Å². The number of carbonyl (C=O) groups excluding carboxylic acids is 1. The average Bonchev–Trinajstić information content (AvgIpc) is 2.67. The van der Waals surface area contributed by atoms with E-state index in [-0.39, 0.29) is 5.91 Å². The second-order valence-electron chi connectivity index (χ2n) is 5.44. The molecule has 0 aliphatic carbocycles. The minimum Gasteiger partial charge on any atom is -0.349 e. The van der Waals surface area contributed by atoms with E-state index in [9.17, 15) is 4.79 Å². The molecular formula is C14H16Br2N2O. The van der Waals surface area contributed by atoms with Crippen LogP contribution in [0.5, 0.6) is 0 Å². The zero-order valence-electron chi connectivity index (χ0n) is 10.5. The Hall–Kier alpha value is -0.390. The maximum Gasteiger partial charge on any atom is 0.251 e. The van der Waals surface area contributed by atoms with Crippen LogP contribution in [-0.4, -0.2) is 24.0 Å². The van der Waals surface area contributed by atoms with Crippen LogP contribution in [0.1, 0.15) is 36.0 Å². The Labute approximate surface area is 129 Å². The molecule has 102 valence electrons. The molecule has 2 saturated heterocycles. The predicted octanol–water partition coefficient (Wildman–Crippen LogP) is 3.22. The van der Waals surface area contributed by atoms with E-state index in [1.807, 2.05) is 18.2 Å². The van der Waals surface area contributed by atoms with Crippen molar-refractivity contribution in [3.05, 3.63) is 32.7 Å². The Morgan fingerprint density at radius 3 is 2.26 bits per heavy atom. The Morgan fingerprint density at radius 2 is 1.68 bits per heavy atom. The first-order valence-electron chi connectivity index (χ1n) is 6.63. The maximum absolute atomic E-state index is 12.3. The molecule has 0 aromatic heterocycles. The van der Waals surface area contributed by atoms with Crippen molar-refractivity contribution in [3.63, 3.8) is 0 Å². The van der Waals surface area contributed by atoms with E-state index < -0.39 is 0 Å². The van der Waals surface area contributed by atoms with Crippen LogP contribution in [0, 0.1) is 0 Å². The first-order chi connectivity index (χ1) is 9.10. The second kappa shape index (κ2) is 5.54. The maximum atomic E-state index is 12.3. The summed E-state index contributed by atoms with van der Waals surface area (Å²) < 4.78 is 1.83. The van der Waals surface area contributed by atoms with Gasteiger partial charge in [-0.05, 0) is 43.9 Å². The highest BCUT2D eigenvalue weighted by Gasteiger charge is 2.34. The molecule has 0 spiro atoms. The highest BCUT2D eigenvalue weighted by molar-refractivity contribution is 9.11. The van der Waals surface area contributed by atoms with Crippen molar-refractivity contribution in [2.24, 2.45) is 0 Å². The van der Waals surface area contributed by atoms with Gasteiger partial charge in [-0.25, -0.2) is 0 Å². The van der Waals surface area contributed by atoms with Crippen molar-refractivity contribution in [2.75, 3.05) is 0 Å². The van der Waals surface area contributed by atoms with Gasteiger partial charge in [0.2, 0.25) is 0 Å². The van der Waals surface area contributed by atoms with Gasteiger partial charge in [-0.15, -0.1) is 0 Å². The van der Waals surface area contributed by atoms with Gasteiger partial charge in [0.25, 0.3) is 5.91 Å². The van der Waals surface area contributed by atoms with Gasteiger partial charge in [0.1, 0.15) is 0 Å². The molecule has 2 fully saturated rings. The number of fused-ring (bicyclic) bond motifs is 2. The molecule has 2 heterocycles. The molecular weight excluding hydrogens is 372 g/mol. The first-order valence-corrected chi connectivity index (χ1v) is 8.22. The highest BCUT2D eigenvalue weighted by Crippen LogP contribution is 2.27. The lowest BCUT2D eigenvalue weighted by molar-refractivity contribution is 0.0924. The summed E-state index contributed by atoms with van der Waals surface area (Å²) >= 11 is 6.83. The van der Waals surface area contributed by atoms with Gasteiger partial charge >= 0.3 is 0 Å². The van der Waals surface area contributed by atoms with Crippen molar-refractivity contribution < 1.29 is 4.79 Å². The largest absolute Gasteiger partial charge is 0.349 e. The lowest BCUT2D eigenvalue weighted by Gasteiger charge is -2.29. The zero-order chi connectivity index (χ0) is 13.4. The van der Waals surface area contributed by atoms with Crippen LogP contribution in [-0.2, 0) is 0 Å². The second-order valence-corrected chi connectivity index (χ2v) is 7.27. The summed E-state index contributed by atoms with van der Waals surface area (Å²) in [6, 6.07) is 7.15. The van der Waals surface area contributed by atoms with Crippen molar-refractivity contribution in [1.82, 2.24) is 10.6 Å². The van der Waals surface area contributed by atoms with Gasteiger partial charge in [-0.1, -0.05) is 31.9 Å². The third-order valence-corrected chi connectivity index (χ3v) is 4.85. The molecule has 2 aliphatic heterocycles. The van der Waals surface area contributed by atoms with Crippen LogP contribution in [0.2, 0.25) is 0 Å². The van der Waals surface area contributed by atoms with E-state index in [0.717, 1.165) is 21.8 Å². The summed E-state index contributed by atoms with van der Waals surface area (Å²) in [7, 11) is 0. The van der Waals surface area contributed by atoms with E-state index in [1.54, 1.807) is 0 Å². The number of amides is 1. The molecule has 2 N–H and O–H groups in total. The molecule has 19 heavy (non-hydrogen) atoms. The number of piperidine rings is 1. The topological polar surface area (TPSA) is 41.1 Å². The van der Waals surface area contributed by atoms with Crippen molar-refractivity contribution in [1.29, 1.82) is 0 Å². The molecule has 2 aliphatic rings. The SMILES string of the molecule is O=C(NC1CC2CCC(C1)N2)c1cc(Br)cc(Br)c1. The molecule has 5 heteroatoms. The zero-order valence-corrected chi connectivity index (χ0v) is 13.6. The van der Waals surface area contributed by atoms with Gasteiger partial charge in [-0.3, -0.25) is 4.79 Å². The first kappa shape index (κ1) is 13.6. The Balaban J connectivity index is 1.67. The minimum atomic E-state index is 0.0216. The molecule has 2 atom stereocenters. The number of halogens is 2. The van der Waals surface area contributed by atoms with E-state index in [2.05, 4.69) is 42.5 Å². The summed E-state index contributed by atoms with van der Waals surface area (Å²) in [6.45, 7) is 0. The normalized spacial score (nSPS) is 29.3. The van der Waals surface area contributed by atoms with E-state index in [0.29, 0.717) is 23.7 Å². The Kier molecular flexibility index (Phi) is 3.96. The molecule has 1 amide bonds. The Bertz CT molecular complexity index is 474. The summed E-state index contributed by atoms with van der Waals surface area (Å²) in [5.74, 6) is 0.0216. The fraction of sp³-hybridized carbons (Fsp3) is 0.500. The molecule has 3 nitrogen and oxygen atoms in total. The van der Waals surface area contributed by atoms with Crippen LogP contribution in [0.3, 0.4) is 0 Å². The number of benzene rings is 1. The van der Waals surface area contributed by atoms with Crippen LogP contribution in [0.25, 0.3) is 0 Å². The van der Waals surface area contributed by atoms with Crippen molar-refractivity contribution in [3.8, 4) is 0 Å². The average molecular weight is 388 g/mol. The molecule has 1 aromatic rings. The van der Waals surface area contributed by atoms with Crippen LogP contribution >= 0.6 is 31.9 Å². The monoisotopic (exact) mass is 386 g/mol. The highest BCUT2D eigenvalue weighted by atomic mass is 79.9. The Morgan fingerprint density at radius 1 is 1.11 bits per heavy atom. The smallest absolute Gasteiger partial charge is 0.251 e. The lowest BCUT2D eigenvalue weighted by Crippen LogP contribution is -2.48. The minimum absolute atomic E-state index is 0.0216. The van der Waals surface area contributed by atoms with Gasteiger partial charge in [0.05, 0.1) is 0 Å². The summed E-state index contributed by atoms with van der Waals surface area (Å²) in [4.78, 5) is 12.3. The van der Waals surface area contributed by atoms with Crippen molar-refractivity contribution in [2.45, 2.75) is 43.8 Å². The fourth-order valence-corrected chi connectivity index (χ4v) is 4.42. The standard InChI is InChI=1S/C14H16Br2N2O/c15-9-3-8(4-10(16)5-9)14(19)18-13-6-11-1-2-12(7-13)17-11/h3-5,11-13,17H,1-2,6-7H2,(H,18,19). The number of carbonyl (C=O) groups is 1. The summed E-state index contributed by atoms with van der Waals surface area (Å²) in [5, 5.41) is 6.76. The third-order valence-electron chi connectivity index (χ3n) is 3.93. The van der Waals surface area contributed by atoms with Gasteiger partial charge in [-0.2, -0.15) is 0 Å². The summed E-state index contributed by atoms with van der Waals surface area (Å²) in [6.07, 6.45) is 4.60. The van der Waals surface area contributed by atoms with Crippen molar-refractivity contribution >= 4 is 37.8 Å². The van der Waals surface area contributed by atoms with Crippen LogP contribution in [0.4, 0.5) is 0 Å². The van der Waals surface area contributed by atoms with E-state index in [4.69, 9.17) is 0 Å². The van der Waals surface area contributed by atoms with Gasteiger partial charge in [0, 0.05) is 32.6 Å². The van der Waals surface area contributed by atoms with Crippen LogP contribution in [0.15, 0.2) is 27.1 Å². The predicted molar refractivity (Wildman–Crippen MR) is 82.3 cm³/mol. The molecule has 3 rings (SSSR count). The number of hydrogen-bond donors (Lipinski definition) is 2. The van der Waals surface area contributed by atoms with E-state index in [1.165, 1.54) is 12.8 Å². The molecule has 1 aromatic carbocycles. The van der Waals surface area contributed by atoms with Gasteiger partial charge in [0.15, 0.2) is 0 Å². The number of nitrogens with one attached hydrogen (secondary N) is 2. The quantitative estimate of drug-likeness (QED) is 0.817. The van der Waals surface area contributed by atoms with Gasteiger partial charge < -0.3 is 10.6 Å².